The van der Waals surface area contributed by atoms with Crippen LogP contribution in [0.3, 0.4) is 0 Å². The van der Waals surface area contributed by atoms with Gasteiger partial charge in [-0.3, -0.25) is 9.59 Å². The van der Waals surface area contributed by atoms with Gasteiger partial charge in [0.25, 0.3) is 17.7 Å². The Morgan fingerprint density at radius 3 is 2.05 bits per heavy atom. The van der Waals surface area contributed by atoms with Crippen molar-refractivity contribution in [3.05, 3.63) is 78.4 Å². The lowest BCUT2D eigenvalue weighted by molar-refractivity contribution is -0.125. The van der Waals surface area contributed by atoms with E-state index in [-0.39, 0.29) is 28.3 Å². The molecule has 3 rings (SSSR count). The van der Waals surface area contributed by atoms with E-state index in [4.69, 9.17) is 17.0 Å². The maximum atomic E-state index is 13.7. The molecule has 0 radical (unpaired) electrons. The topological polar surface area (TPSA) is 91.3 Å². The highest BCUT2D eigenvalue weighted by Gasteiger charge is 2.47. The first-order chi connectivity index (χ1) is 17.3. The smallest absolute Gasteiger partial charge is 0.387 e. The van der Waals surface area contributed by atoms with Crippen LogP contribution in [0.4, 0.5) is 28.9 Å². The van der Waals surface area contributed by atoms with E-state index < -0.39 is 34.9 Å². The van der Waals surface area contributed by atoms with Crippen molar-refractivity contribution in [2.75, 3.05) is 10.6 Å². The zero-order valence-electron chi connectivity index (χ0n) is 19.6. The second-order valence-corrected chi connectivity index (χ2v) is 8.68. The highest BCUT2D eigenvalue weighted by molar-refractivity contribution is 6.59. The number of hydrogen-bond donors (Lipinski definition) is 3. The number of carbonyl (C=O) groups excluding carboxylic acids is 2. The van der Waals surface area contributed by atoms with Crippen molar-refractivity contribution >= 4 is 40.5 Å². The summed E-state index contributed by atoms with van der Waals surface area (Å²) in [6.45, 7) is -1.26. The van der Waals surface area contributed by atoms with Crippen LogP contribution in [0, 0.1) is 5.41 Å². The molecule has 0 aliphatic carbocycles. The summed E-state index contributed by atoms with van der Waals surface area (Å²) < 4.78 is 57.7. The van der Waals surface area contributed by atoms with Gasteiger partial charge in [-0.15, -0.1) is 0 Å². The van der Waals surface area contributed by atoms with E-state index in [0.717, 1.165) is 13.0 Å². The Morgan fingerprint density at radius 1 is 0.919 bits per heavy atom. The van der Waals surface area contributed by atoms with Gasteiger partial charge in [0.1, 0.15) is 5.75 Å². The van der Waals surface area contributed by atoms with Crippen molar-refractivity contribution in [1.82, 2.24) is 0 Å². The van der Waals surface area contributed by atoms with Crippen LogP contribution in [0.1, 0.15) is 19.4 Å². The number of anilines is 2. The van der Waals surface area contributed by atoms with Gasteiger partial charge in [0, 0.05) is 35.1 Å². The van der Waals surface area contributed by atoms with Gasteiger partial charge in [-0.05, 0) is 42.8 Å². The van der Waals surface area contributed by atoms with Gasteiger partial charge in [-0.2, -0.15) is 8.78 Å². The summed E-state index contributed by atoms with van der Waals surface area (Å²) in [6, 6.07) is 17.0. The summed E-state index contributed by atoms with van der Waals surface area (Å²) in [6.07, 6.45) is 0. The second-order valence-electron chi connectivity index (χ2n) is 8.12. The Hall–Kier alpha value is -3.92. The van der Waals surface area contributed by atoms with Crippen LogP contribution in [0.2, 0.25) is 0 Å². The summed E-state index contributed by atoms with van der Waals surface area (Å²) in [5.41, 5.74) is -0.143. The number of benzene rings is 3. The molecule has 2 amide bonds. The van der Waals surface area contributed by atoms with E-state index in [1.807, 2.05) is 0 Å². The molecule has 3 aromatic carbocycles. The van der Waals surface area contributed by atoms with Gasteiger partial charge >= 0.3 is 6.61 Å². The molecule has 3 aromatic rings. The first-order valence-corrected chi connectivity index (χ1v) is 11.2. The Bertz CT molecular complexity index is 1320. The summed E-state index contributed by atoms with van der Waals surface area (Å²) in [7, 11) is 0. The fourth-order valence-corrected chi connectivity index (χ4v) is 3.49. The third kappa shape index (κ3) is 6.45. The summed E-state index contributed by atoms with van der Waals surface area (Å²) in [5.74, 6) is -5.58. The van der Waals surface area contributed by atoms with E-state index in [9.17, 15) is 27.2 Å². The molecule has 194 valence electrons. The quantitative estimate of drug-likeness (QED) is 0.124. The zero-order chi connectivity index (χ0) is 27.4. The number of halogens is 5. The molecule has 1 atom stereocenters. The number of amides is 2. The highest BCUT2D eigenvalue weighted by atomic mass is 35.5. The molecule has 0 aliphatic rings. The lowest BCUT2D eigenvalue weighted by Crippen LogP contribution is -2.53. The van der Waals surface area contributed by atoms with E-state index in [1.165, 1.54) is 36.4 Å². The molecular weight excluding hydrogens is 514 g/mol. The maximum Gasteiger partial charge on any atom is 0.387 e. The van der Waals surface area contributed by atoms with E-state index in [1.54, 1.807) is 30.3 Å². The molecule has 11 heteroatoms. The van der Waals surface area contributed by atoms with Crippen LogP contribution < -0.4 is 15.4 Å². The number of ether oxygens (including phenoxy) is 1. The predicted molar refractivity (Wildman–Crippen MR) is 134 cm³/mol. The maximum absolute atomic E-state index is 13.7. The fourth-order valence-electron chi connectivity index (χ4n) is 3.40. The number of nitrogens with one attached hydrogen (secondary N) is 3. The van der Waals surface area contributed by atoms with E-state index >= 15 is 0 Å². The van der Waals surface area contributed by atoms with Crippen LogP contribution in [-0.2, 0) is 15.5 Å². The largest absolute Gasteiger partial charge is 0.434 e. The van der Waals surface area contributed by atoms with Crippen molar-refractivity contribution in [3.63, 3.8) is 0 Å². The molecule has 0 fully saturated rings. The van der Waals surface area contributed by atoms with Crippen molar-refractivity contribution in [2.24, 2.45) is 0 Å². The van der Waals surface area contributed by atoms with E-state index in [2.05, 4.69) is 15.4 Å². The molecule has 0 saturated carbocycles. The number of rotatable bonds is 9. The monoisotopic (exact) mass is 535 g/mol. The first kappa shape index (κ1) is 27.7. The van der Waals surface area contributed by atoms with Crippen LogP contribution in [-0.4, -0.2) is 29.0 Å². The normalized spacial score (nSPS) is 13.0. The summed E-state index contributed by atoms with van der Waals surface area (Å²) >= 11 is 6.34. The molecule has 6 nitrogen and oxygen atoms in total. The predicted octanol–water partition coefficient (Wildman–Crippen LogP) is 6.66. The minimum Gasteiger partial charge on any atom is -0.434 e. The van der Waals surface area contributed by atoms with Crippen molar-refractivity contribution < 1.29 is 31.9 Å². The molecule has 3 N–H and O–H groups in total. The molecule has 0 heterocycles. The standard InChI is InChI=1S/C26H22ClF4N3O3/c1-15(32)26(27,22(35)33-18-10-6-9-17(13-18)25(2,30)31)23(36)34-19-11-12-21(37-24(28)29)20(14-19)16-7-4-3-5-8-16/h3-14,24,32H,1-2H3,(H,33,35)(H,34,36). The van der Waals surface area contributed by atoms with Gasteiger partial charge in [0.15, 0.2) is 0 Å². The second kappa shape index (κ2) is 11.0. The highest BCUT2D eigenvalue weighted by Crippen LogP contribution is 2.35. The molecule has 0 bridgehead atoms. The third-order valence-corrected chi connectivity index (χ3v) is 5.93. The SMILES string of the molecule is CC(=N)C(Cl)(C(=O)Nc1cccc(C(C)(F)F)c1)C(=O)Nc1ccc(OC(F)F)c(-c2ccccc2)c1. The van der Waals surface area contributed by atoms with Gasteiger partial charge in [-0.1, -0.05) is 54.1 Å². The van der Waals surface area contributed by atoms with Gasteiger partial charge in [0.05, 0.1) is 0 Å². The molecule has 0 aliphatic heterocycles. The Morgan fingerprint density at radius 2 is 1.51 bits per heavy atom. The van der Waals surface area contributed by atoms with Gasteiger partial charge in [-0.25, -0.2) is 8.78 Å². The fraction of sp³-hybridized carbons (Fsp3) is 0.192. The van der Waals surface area contributed by atoms with Crippen molar-refractivity contribution in [1.29, 1.82) is 5.41 Å². The lowest BCUT2D eigenvalue weighted by Gasteiger charge is -2.25. The van der Waals surface area contributed by atoms with Gasteiger partial charge in [0.2, 0.25) is 4.87 Å². The third-order valence-electron chi connectivity index (χ3n) is 5.31. The van der Waals surface area contributed by atoms with Crippen LogP contribution in [0.25, 0.3) is 11.1 Å². The lowest BCUT2D eigenvalue weighted by atomic mass is 9.99. The number of alkyl halides is 5. The molecule has 0 aromatic heterocycles. The molecule has 1 unspecified atom stereocenters. The summed E-state index contributed by atoms with van der Waals surface area (Å²) in [4.78, 5) is 23.6. The summed E-state index contributed by atoms with van der Waals surface area (Å²) in [5, 5.41) is 12.7. The first-order valence-electron chi connectivity index (χ1n) is 10.8. The number of hydrogen-bond acceptors (Lipinski definition) is 4. The van der Waals surface area contributed by atoms with Crippen LogP contribution >= 0.6 is 11.6 Å². The molecule has 0 spiro atoms. The minimum atomic E-state index is -3.18. The minimum absolute atomic E-state index is 0.0528. The molecule has 37 heavy (non-hydrogen) atoms. The Labute approximate surface area is 215 Å². The van der Waals surface area contributed by atoms with Gasteiger partial charge < -0.3 is 20.8 Å². The van der Waals surface area contributed by atoms with Crippen molar-refractivity contribution in [3.8, 4) is 16.9 Å². The van der Waals surface area contributed by atoms with Crippen LogP contribution in [0.5, 0.6) is 5.75 Å². The van der Waals surface area contributed by atoms with E-state index in [0.29, 0.717) is 12.5 Å². The zero-order valence-corrected chi connectivity index (χ0v) is 20.4. The molecule has 0 saturated heterocycles. The molecular formula is C26H22ClF4N3O3. The number of carbonyl (C=O) groups is 2. The Balaban J connectivity index is 1.90. The Kier molecular flexibility index (Phi) is 8.22. The average molecular weight is 536 g/mol. The van der Waals surface area contributed by atoms with Crippen LogP contribution in [0.15, 0.2) is 72.8 Å². The van der Waals surface area contributed by atoms with Crippen molar-refractivity contribution in [2.45, 2.75) is 31.3 Å². The average Bonchev–Trinajstić information content (AvgIpc) is 2.84.